The molecule has 2 aliphatic heterocycles. The van der Waals surface area contributed by atoms with Crippen LogP contribution in [0.5, 0.6) is 0 Å². The number of nitrogen functional groups attached to an aromatic ring is 1. The first kappa shape index (κ1) is 22.9. The fraction of sp³-hybridized carbons (Fsp3) is 0.480. The molecule has 2 fully saturated rings. The molecule has 0 spiro atoms. The molecule has 9 heteroatoms. The average Bonchev–Trinajstić information content (AvgIpc) is 3.37. The van der Waals surface area contributed by atoms with Crippen LogP contribution in [0.15, 0.2) is 42.5 Å². The van der Waals surface area contributed by atoms with E-state index in [2.05, 4.69) is 76.7 Å². The second-order valence-corrected chi connectivity index (χ2v) is 9.35. The van der Waals surface area contributed by atoms with Crippen LogP contribution in [0.4, 0.5) is 23.5 Å². The summed E-state index contributed by atoms with van der Waals surface area (Å²) in [4.78, 5) is 16.3. The number of aromatic nitrogens is 3. The second-order valence-electron chi connectivity index (χ2n) is 9.35. The Morgan fingerprint density at radius 3 is 2.53 bits per heavy atom. The van der Waals surface area contributed by atoms with Gasteiger partial charge in [-0.05, 0) is 23.9 Å². The predicted molar refractivity (Wildman–Crippen MR) is 135 cm³/mol. The van der Waals surface area contributed by atoms with E-state index >= 15 is 0 Å². The van der Waals surface area contributed by atoms with Crippen molar-refractivity contribution in [2.45, 2.75) is 31.6 Å². The predicted octanol–water partition coefficient (Wildman–Crippen LogP) is 3.14. The number of ether oxygens (including phenoxy) is 2. The lowest BCUT2D eigenvalue weighted by molar-refractivity contribution is -0.0439. The van der Waals surface area contributed by atoms with Gasteiger partial charge in [0.15, 0.2) is 6.29 Å². The van der Waals surface area contributed by atoms with Crippen LogP contribution in [0.3, 0.4) is 0 Å². The van der Waals surface area contributed by atoms with Crippen LogP contribution in [0.2, 0.25) is 0 Å². The molecule has 1 atom stereocenters. The van der Waals surface area contributed by atoms with Crippen LogP contribution in [0.25, 0.3) is 10.8 Å². The smallest absolute Gasteiger partial charge is 0.340 e. The number of nitrogens with one attached hydrogen (secondary N) is 1. The molecule has 34 heavy (non-hydrogen) atoms. The molecule has 2 saturated heterocycles. The third-order valence-corrected chi connectivity index (χ3v) is 7.10. The monoisotopic (exact) mass is 464 g/mol. The highest BCUT2D eigenvalue weighted by molar-refractivity contribution is 5.86. The van der Waals surface area contributed by atoms with Crippen LogP contribution in [-0.2, 0) is 9.47 Å². The number of piperidine rings is 1. The molecule has 2 aliphatic rings. The van der Waals surface area contributed by atoms with Crippen molar-refractivity contribution in [3.05, 3.63) is 42.5 Å². The van der Waals surface area contributed by atoms with E-state index in [0.29, 0.717) is 48.6 Å². The molecular weight excluding hydrogens is 430 g/mol. The molecule has 0 amide bonds. The summed E-state index contributed by atoms with van der Waals surface area (Å²) in [5.41, 5.74) is 7.35. The van der Waals surface area contributed by atoms with E-state index in [0.717, 1.165) is 31.6 Å². The first-order valence-corrected chi connectivity index (χ1v) is 12.1. The molecule has 5 rings (SSSR count). The highest BCUT2D eigenvalue weighted by Crippen LogP contribution is 2.38. The molecular formula is C25H34N7O2+. The number of fused-ring (bicyclic) bond motifs is 1. The van der Waals surface area contributed by atoms with Crippen molar-refractivity contribution in [3.63, 3.8) is 0 Å². The van der Waals surface area contributed by atoms with Gasteiger partial charge < -0.3 is 25.4 Å². The fourth-order valence-corrected chi connectivity index (χ4v) is 5.01. The molecule has 1 aromatic heterocycles. The first-order chi connectivity index (χ1) is 16.5. The number of anilines is 2. The molecule has 3 aromatic rings. The molecule has 3 heterocycles. The van der Waals surface area contributed by atoms with Gasteiger partial charge in [0.25, 0.3) is 0 Å². The summed E-state index contributed by atoms with van der Waals surface area (Å²) in [6, 6.07) is 15.4. The summed E-state index contributed by atoms with van der Waals surface area (Å²) in [6.07, 6.45) is 2.63. The SMILES string of the molecule is CN1CCC([N+](C)(c2ccc3ccccc3c2)c2nc(N)nc(NCCC3OCCO3)n2)CC1. The standard InChI is InChI=1S/C25H34N7O2/c1-31-13-10-20(11-14-31)32(2,21-8-7-18-5-3-4-6-19(18)17-21)25-29-23(26)28-24(30-25)27-12-9-22-33-15-16-34-22/h3-8,17,20,22H,9-16H2,1-2H3,(H3,26,27,28,29,30)/q+1. The maximum Gasteiger partial charge on any atom is 0.340 e. The maximum absolute atomic E-state index is 6.20. The lowest BCUT2D eigenvalue weighted by Gasteiger charge is -2.42. The minimum atomic E-state index is -0.177. The van der Waals surface area contributed by atoms with Gasteiger partial charge in [0, 0.05) is 51.0 Å². The summed E-state index contributed by atoms with van der Waals surface area (Å²) in [7, 11) is 4.39. The molecule has 0 bridgehead atoms. The highest BCUT2D eigenvalue weighted by Gasteiger charge is 2.42. The van der Waals surface area contributed by atoms with Crippen LogP contribution in [-0.4, -0.2) is 79.1 Å². The Morgan fingerprint density at radius 2 is 1.76 bits per heavy atom. The minimum Gasteiger partial charge on any atom is -0.367 e. The number of hydrogen-bond donors (Lipinski definition) is 2. The molecule has 0 aliphatic carbocycles. The summed E-state index contributed by atoms with van der Waals surface area (Å²) in [5.74, 6) is 1.37. The topological polar surface area (TPSA) is 98.4 Å². The van der Waals surface area contributed by atoms with E-state index < -0.39 is 0 Å². The van der Waals surface area contributed by atoms with Gasteiger partial charge in [-0.15, -0.1) is 9.97 Å². The summed E-state index contributed by atoms with van der Waals surface area (Å²) in [6.45, 7) is 4.00. The molecule has 9 nitrogen and oxygen atoms in total. The Hall–Kier alpha value is -2.85. The van der Waals surface area contributed by atoms with Crippen molar-refractivity contribution in [2.24, 2.45) is 0 Å². The van der Waals surface area contributed by atoms with Crippen LogP contribution >= 0.6 is 0 Å². The van der Waals surface area contributed by atoms with Crippen LogP contribution in [0.1, 0.15) is 19.3 Å². The normalized spacial score (nSPS) is 19.9. The number of likely N-dealkylation sites (tertiary alicyclic amines) is 1. The largest absolute Gasteiger partial charge is 0.367 e. The third kappa shape index (κ3) is 4.69. The zero-order chi connectivity index (χ0) is 23.5. The quantitative estimate of drug-likeness (QED) is 0.515. The summed E-state index contributed by atoms with van der Waals surface area (Å²) >= 11 is 0. The van der Waals surface area contributed by atoms with Gasteiger partial charge in [-0.25, -0.2) is 4.48 Å². The molecule has 180 valence electrons. The van der Waals surface area contributed by atoms with Crippen molar-refractivity contribution < 1.29 is 9.47 Å². The number of nitrogens with zero attached hydrogens (tertiary/aromatic N) is 5. The second kappa shape index (κ2) is 9.79. The summed E-state index contributed by atoms with van der Waals surface area (Å²) in [5, 5.41) is 5.72. The Kier molecular flexibility index (Phi) is 6.60. The Balaban J connectivity index is 1.49. The van der Waals surface area contributed by atoms with Crippen LogP contribution < -0.4 is 15.5 Å². The van der Waals surface area contributed by atoms with Gasteiger partial charge in [0.1, 0.15) is 11.7 Å². The lowest BCUT2D eigenvalue weighted by Crippen LogP contribution is -2.54. The van der Waals surface area contributed by atoms with Crippen molar-refractivity contribution in [2.75, 3.05) is 58.0 Å². The van der Waals surface area contributed by atoms with E-state index in [9.17, 15) is 0 Å². The van der Waals surface area contributed by atoms with E-state index in [1.54, 1.807) is 0 Å². The van der Waals surface area contributed by atoms with Crippen molar-refractivity contribution >= 4 is 34.3 Å². The number of rotatable bonds is 7. The maximum atomic E-state index is 6.20. The number of nitrogens with two attached hydrogens (primary N) is 1. The molecule has 1 unspecified atom stereocenters. The van der Waals surface area contributed by atoms with E-state index in [-0.39, 0.29) is 12.2 Å². The molecule has 0 saturated carbocycles. The third-order valence-electron chi connectivity index (χ3n) is 7.10. The zero-order valence-corrected chi connectivity index (χ0v) is 20.0. The highest BCUT2D eigenvalue weighted by atomic mass is 16.7. The number of benzene rings is 2. The van der Waals surface area contributed by atoms with E-state index in [4.69, 9.17) is 20.2 Å². The number of hydrogen-bond acceptors (Lipinski definition) is 8. The van der Waals surface area contributed by atoms with Gasteiger partial charge >= 0.3 is 5.95 Å². The van der Waals surface area contributed by atoms with Gasteiger partial charge in [-0.1, -0.05) is 24.3 Å². The van der Waals surface area contributed by atoms with E-state index in [1.165, 1.54) is 10.8 Å². The minimum absolute atomic E-state index is 0.177. The molecule has 3 N–H and O–H groups in total. The van der Waals surface area contributed by atoms with Gasteiger partial charge in [-0.3, -0.25) is 0 Å². The number of quaternary nitrogens is 1. The van der Waals surface area contributed by atoms with Gasteiger partial charge in [-0.2, -0.15) is 4.98 Å². The Labute approximate surface area is 200 Å². The average molecular weight is 465 g/mol. The van der Waals surface area contributed by atoms with Crippen molar-refractivity contribution in [3.8, 4) is 0 Å². The molecule has 2 aromatic carbocycles. The Bertz CT molecular complexity index is 1130. The van der Waals surface area contributed by atoms with Gasteiger partial charge in [0.05, 0.1) is 20.3 Å². The van der Waals surface area contributed by atoms with Crippen LogP contribution in [0, 0.1) is 0 Å². The van der Waals surface area contributed by atoms with Crippen molar-refractivity contribution in [1.29, 1.82) is 0 Å². The van der Waals surface area contributed by atoms with Crippen molar-refractivity contribution in [1.82, 2.24) is 24.3 Å². The summed E-state index contributed by atoms with van der Waals surface area (Å²) < 4.78 is 11.5. The first-order valence-electron chi connectivity index (χ1n) is 12.1. The fourth-order valence-electron chi connectivity index (χ4n) is 5.01. The lowest BCUT2D eigenvalue weighted by atomic mass is 9.99. The van der Waals surface area contributed by atoms with Gasteiger partial charge in [0.2, 0.25) is 11.9 Å². The van der Waals surface area contributed by atoms with E-state index in [1.807, 2.05) is 0 Å². The molecule has 0 radical (unpaired) electrons. The Morgan fingerprint density at radius 1 is 1.03 bits per heavy atom. The zero-order valence-electron chi connectivity index (χ0n) is 20.0.